The molecule has 0 saturated heterocycles. The molecule has 0 aromatic heterocycles. The summed E-state index contributed by atoms with van der Waals surface area (Å²) >= 11 is 0. The summed E-state index contributed by atoms with van der Waals surface area (Å²) in [6.45, 7) is 0. The van der Waals surface area contributed by atoms with Gasteiger partial charge in [-0.2, -0.15) is 8.42 Å². The average molecular weight is 229 g/mol. The molecule has 0 atom stereocenters. The van der Waals surface area contributed by atoms with Crippen LogP contribution in [0.4, 0.5) is 0 Å². The van der Waals surface area contributed by atoms with Gasteiger partial charge in [0.2, 0.25) is 0 Å². The van der Waals surface area contributed by atoms with Gasteiger partial charge in [0.05, 0.1) is 0 Å². The SMILES string of the molecule is Cl.O=S(=O)(O)O.[AlH3].[KH].[NaH]. The van der Waals surface area contributed by atoms with Crippen LogP contribution in [0.25, 0.3) is 0 Å². The van der Waals surface area contributed by atoms with Gasteiger partial charge in [0.1, 0.15) is 0 Å². The number of hydrogen-bond acceptors (Lipinski definition) is 2. The Labute approximate surface area is 135 Å². The Morgan fingerprint density at radius 2 is 1.11 bits per heavy atom. The molecule has 0 aromatic carbocycles. The van der Waals surface area contributed by atoms with E-state index in [-0.39, 0.29) is 111 Å². The number of rotatable bonds is 0. The molecule has 4 nitrogen and oxygen atoms in total. The standard InChI is InChI=1S/Al.ClH.K.Na.H2O4S.5H/c;;;;1-5(2,3)4;;;;;/h;1H;;;(H2,1,2,3,4);;;;;. The first-order chi connectivity index (χ1) is 2.00. The molecule has 0 spiro atoms. The molecule has 2 N–H and O–H groups in total. The van der Waals surface area contributed by atoms with Crippen LogP contribution in [0.2, 0.25) is 0 Å². The van der Waals surface area contributed by atoms with Crippen LogP contribution in [0.3, 0.4) is 0 Å². The molecular formula is H8AlClKNaO4S. The normalized spacial score (nSPS) is 6.44. The quantitative estimate of drug-likeness (QED) is 0.349. The second-order valence-corrected chi connectivity index (χ2v) is 1.34. The number of halogens is 1. The maximum atomic E-state index is 8.74. The number of hydrogen-bond donors (Lipinski definition) is 2. The zero-order chi connectivity index (χ0) is 4.50. The molecule has 0 aliphatic carbocycles. The third kappa shape index (κ3) is 89.0. The molecule has 0 heterocycles. The summed E-state index contributed by atoms with van der Waals surface area (Å²) in [6, 6.07) is 0. The Morgan fingerprint density at radius 1 is 1.11 bits per heavy atom. The van der Waals surface area contributed by atoms with Crippen molar-refractivity contribution in [3.8, 4) is 0 Å². The summed E-state index contributed by atoms with van der Waals surface area (Å²) in [6.07, 6.45) is 0. The first-order valence-corrected chi connectivity index (χ1v) is 2.10. The predicted molar refractivity (Wildman–Crippen MR) is 45.7 cm³/mol. The Kier molecular flexibility index (Phi) is 45.5. The van der Waals surface area contributed by atoms with Gasteiger partial charge in [-0.1, -0.05) is 0 Å². The fourth-order valence-corrected chi connectivity index (χ4v) is 0. The second kappa shape index (κ2) is 13.9. The Hall–Kier alpha value is 3.33. The molecule has 0 amide bonds. The van der Waals surface area contributed by atoms with Crippen LogP contribution in [-0.4, -0.2) is 116 Å². The van der Waals surface area contributed by atoms with Crippen molar-refractivity contribution in [1.29, 1.82) is 0 Å². The van der Waals surface area contributed by atoms with Crippen LogP contribution in [0, 0.1) is 0 Å². The van der Waals surface area contributed by atoms with Crippen molar-refractivity contribution in [2.75, 3.05) is 0 Å². The molecule has 0 saturated carbocycles. The van der Waals surface area contributed by atoms with Gasteiger partial charge in [0, 0.05) is 0 Å². The topological polar surface area (TPSA) is 74.6 Å². The van der Waals surface area contributed by atoms with Crippen LogP contribution in [-0.2, 0) is 10.4 Å². The zero-order valence-electron chi connectivity index (χ0n) is 2.53. The first kappa shape index (κ1) is 29.5. The van der Waals surface area contributed by atoms with Crippen molar-refractivity contribution in [3.05, 3.63) is 0 Å². The summed E-state index contributed by atoms with van der Waals surface area (Å²) < 4.78 is 31.6. The zero-order valence-corrected chi connectivity index (χ0v) is 4.16. The van der Waals surface area contributed by atoms with Gasteiger partial charge in [-0.3, -0.25) is 9.11 Å². The van der Waals surface area contributed by atoms with Crippen LogP contribution in [0.15, 0.2) is 0 Å². The summed E-state index contributed by atoms with van der Waals surface area (Å²) in [4.78, 5) is 0. The minimum absolute atomic E-state index is 0. The van der Waals surface area contributed by atoms with E-state index >= 15 is 0 Å². The van der Waals surface area contributed by atoms with Crippen molar-refractivity contribution in [3.63, 3.8) is 0 Å². The summed E-state index contributed by atoms with van der Waals surface area (Å²) in [5, 5.41) is 0. The van der Waals surface area contributed by atoms with Crippen LogP contribution >= 0.6 is 12.4 Å². The van der Waals surface area contributed by atoms with E-state index in [1.165, 1.54) is 0 Å². The molecule has 0 bridgehead atoms. The van der Waals surface area contributed by atoms with E-state index in [1.807, 2.05) is 0 Å². The Bertz CT molecular complexity index is 104. The molecule has 0 aromatic rings. The van der Waals surface area contributed by atoms with Crippen molar-refractivity contribution >= 4 is 121 Å². The summed E-state index contributed by atoms with van der Waals surface area (Å²) in [5.41, 5.74) is 0. The average Bonchev–Trinajstić information content (AvgIpc) is 0.722. The van der Waals surface area contributed by atoms with Gasteiger partial charge in [0.25, 0.3) is 0 Å². The molecule has 0 aliphatic heterocycles. The van der Waals surface area contributed by atoms with E-state index in [0.717, 1.165) is 0 Å². The van der Waals surface area contributed by atoms with Crippen LogP contribution in [0.1, 0.15) is 0 Å². The van der Waals surface area contributed by atoms with Crippen LogP contribution < -0.4 is 0 Å². The van der Waals surface area contributed by atoms with E-state index in [1.54, 1.807) is 0 Å². The van der Waals surface area contributed by atoms with Crippen molar-refractivity contribution in [1.82, 2.24) is 0 Å². The molecule has 0 rings (SSSR count). The molecular weight excluding hydrogens is 221 g/mol. The fraction of sp³-hybridized carbons (Fsp3) is 0. The van der Waals surface area contributed by atoms with Crippen molar-refractivity contribution < 1.29 is 17.5 Å². The van der Waals surface area contributed by atoms with Crippen molar-refractivity contribution in [2.24, 2.45) is 0 Å². The molecule has 50 valence electrons. The summed E-state index contributed by atoms with van der Waals surface area (Å²) in [7, 11) is -4.67. The van der Waals surface area contributed by atoms with E-state index in [9.17, 15) is 0 Å². The van der Waals surface area contributed by atoms with E-state index in [4.69, 9.17) is 17.5 Å². The van der Waals surface area contributed by atoms with E-state index < -0.39 is 10.4 Å². The van der Waals surface area contributed by atoms with Crippen LogP contribution in [0.5, 0.6) is 0 Å². The summed E-state index contributed by atoms with van der Waals surface area (Å²) in [5.74, 6) is 0. The Balaban J connectivity index is -0.0000000133. The fourth-order valence-electron chi connectivity index (χ4n) is 0. The third-order valence-corrected chi connectivity index (χ3v) is 0. The van der Waals surface area contributed by atoms with Crippen molar-refractivity contribution in [2.45, 2.75) is 0 Å². The first-order valence-electron chi connectivity index (χ1n) is 0.698. The minimum atomic E-state index is -4.67. The maximum absolute atomic E-state index is 8.74. The second-order valence-electron chi connectivity index (χ2n) is 0.448. The predicted octanol–water partition coefficient (Wildman–Crippen LogP) is -2.71. The van der Waals surface area contributed by atoms with Gasteiger partial charge in [-0.15, -0.1) is 12.4 Å². The van der Waals surface area contributed by atoms with E-state index in [2.05, 4.69) is 0 Å². The Morgan fingerprint density at radius 3 is 1.11 bits per heavy atom. The molecule has 0 aliphatic rings. The molecule has 9 heteroatoms. The van der Waals surface area contributed by atoms with Gasteiger partial charge >= 0.3 is 91.3 Å². The third-order valence-electron chi connectivity index (χ3n) is 0. The molecule has 0 fully saturated rings. The van der Waals surface area contributed by atoms with Gasteiger partial charge < -0.3 is 0 Å². The molecule has 0 radical (unpaired) electrons. The molecule has 9 heavy (non-hydrogen) atoms. The van der Waals surface area contributed by atoms with Gasteiger partial charge in [-0.25, -0.2) is 0 Å². The molecule has 0 unspecified atom stereocenters. The van der Waals surface area contributed by atoms with Gasteiger partial charge in [0.15, 0.2) is 17.4 Å². The van der Waals surface area contributed by atoms with Gasteiger partial charge in [-0.05, 0) is 0 Å². The van der Waals surface area contributed by atoms with E-state index in [0.29, 0.717) is 0 Å². The monoisotopic (exact) mass is 228 g/mol.